The first-order chi connectivity index (χ1) is 15.8. The molecule has 7 nitrogen and oxygen atoms in total. The molecule has 0 bridgehead atoms. The average Bonchev–Trinajstić information content (AvgIpc) is 3.50. The molecule has 5 rings (SSSR count). The summed E-state index contributed by atoms with van der Waals surface area (Å²) < 4.78 is 38.5. The maximum atomic E-state index is 13.1. The van der Waals surface area contributed by atoms with Crippen LogP contribution >= 0.6 is 0 Å². The van der Waals surface area contributed by atoms with Crippen LogP contribution < -0.4 is 5.43 Å². The minimum Gasteiger partial charge on any atom is -0.342 e. The van der Waals surface area contributed by atoms with Gasteiger partial charge in [-0.2, -0.15) is 18.3 Å². The van der Waals surface area contributed by atoms with E-state index in [0.29, 0.717) is 50.6 Å². The number of nitrogens with one attached hydrogen (secondary N) is 1. The Morgan fingerprint density at radius 1 is 0.909 bits per heavy atom. The van der Waals surface area contributed by atoms with Crippen LogP contribution in [0.4, 0.5) is 13.2 Å². The molecular formula is C23H34F3N5O2. The molecule has 4 fully saturated rings. The maximum Gasteiger partial charge on any atom is 0.391 e. The predicted molar refractivity (Wildman–Crippen MR) is 114 cm³/mol. The molecule has 184 valence electrons. The minimum atomic E-state index is -4.08. The molecule has 0 aromatic heterocycles. The lowest BCUT2D eigenvalue weighted by molar-refractivity contribution is -0.184. The summed E-state index contributed by atoms with van der Waals surface area (Å²) in [6.07, 6.45) is 1.12. The van der Waals surface area contributed by atoms with Crippen molar-refractivity contribution in [1.82, 2.24) is 15.2 Å². The van der Waals surface area contributed by atoms with Gasteiger partial charge in [-0.25, -0.2) is 0 Å². The van der Waals surface area contributed by atoms with Crippen LogP contribution in [-0.2, 0) is 9.59 Å². The van der Waals surface area contributed by atoms with E-state index in [0.717, 1.165) is 32.4 Å². The highest BCUT2D eigenvalue weighted by Crippen LogP contribution is 2.41. The summed E-state index contributed by atoms with van der Waals surface area (Å²) in [6, 6.07) is 0.401. The van der Waals surface area contributed by atoms with Crippen molar-refractivity contribution in [2.45, 2.75) is 76.0 Å². The van der Waals surface area contributed by atoms with Crippen LogP contribution in [0.1, 0.15) is 57.8 Å². The Hall–Kier alpha value is -1.87. The van der Waals surface area contributed by atoms with Crippen LogP contribution in [0.5, 0.6) is 0 Å². The lowest BCUT2D eigenvalue weighted by Crippen LogP contribution is -2.44. The van der Waals surface area contributed by atoms with Crippen LogP contribution in [0.15, 0.2) is 10.3 Å². The number of hydrogen-bond donors (Lipinski definition) is 1. The fraction of sp³-hybridized carbons (Fsp3) is 0.913. The largest absolute Gasteiger partial charge is 0.391 e. The molecule has 10 heteroatoms. The molecule has 2 saturated heterocycles. The summed E-state index contributed by atoms with van der Waals surface area (Å²) in [6.45, 7) is 2.84. The summed E-state index contributed by atoms with van der Waals surface area (Å²) >= 11 is 0. The van der Waals surface area contributed by atoms with E-state index < -0.39 is 12.1 Å². The number of hydrogen-bond acceptors (Lipinski definition) is 5. The standard InChI is InChI=1S/C23H34F3N5O2/c24-23(25,26)18-5-1-14(2-6-18)3-8-21(32)30-10-16-12-31(13-17(16)11-30)22(33)15-4-7-19-20(9-15)28-29-27-19/h14-20H,1-13H2,(H,27,28). The highest BCUT2D eigenvalue weighted by Gasteiger charge is 2.46. The van der Waals surface area contributed by atoms with E-state index in [1.165, 1.54) is 0 Å². The second kappa shape index (κ2) is 9.06. The van der Waals surface area contributed by atoms with E-state index in [1.54, 1.807) is 0 Å². The Kier molecular flexibility index (Phi) is 6.29. The van der Waals surface area contributed by atoms with Crippen molar-refractivity contribution in [2.24, 2.45) is 39.9 Å². The fourth-order valence-corrected chi connectivity index (χ4v) is 6.74. The molecule has 1 N–H and O–H groups in total. The lowest BCUT2D eigenvalue weighted by Gasteiger charge is -2.32. The smallest absolute Gasteiger partial charge is 0.342 e. The highest BCUT2D eigenvalue weighted by atomic mass is 19.4. The van der Waals surface area contributed by atoms with Crippen molar-refractivity contribution in [3.63, 3.8) is 0 Å². The number of alkyl halides is 3. The van der Waals surface area contributed by atoms with Gasteiger partial charge in [0, 0.05) is 50.4 Å². The molecular weight excluding hydrogens is 435 g/mol. The molecule has 3 heterocycles. The monoisotopic (exact) mass is 469 g/mol. The molecule has 0 aromatic rings. The van der Waals surface area contributed by atoms with Crippen molar-refractivity contribution in [3.05, 3.63) is 0 Å². The average molecular weight is 470 g/mol. The molecule has 5 atom stereocenters. The van der Waals surface area contributed by atoms with Gasteiger partial charge in [0.2, 0.25) is 11.8 Å². The third-order valence-electron chi connectivity index (χ3n) is 8.82. The first-order valence-electron chi connectivity index (χ1n) is 12.6. The Morgan fingerprint density at radius 3 is 2.24 bits per heavy atom. The summed E-state index contributed by atoms with van der Waals surface area (Å²) in [5.41, 5.74) is 3.03. The first kappa shape index (κ1) is 22.9. The van der Waals surface area contributed by atoms with Crippen molar-refractivity contribution >= 4 is 11.8 Å². The predicted octanol–water partition coefficient (Wildman–Crippen LogP) is 3.56. The minimum absolute atomic E-state index is 0.0336. The van der Waals surface area contributed by atoms with Gasteiger partial charge in [-0.1, -0.05) is 5.22 Å². The second-order valence-electron chi connectivity index (χ2n) is 10.9. The number of halogens is 3. The third-order valence-corrected chi connectivity index (χ3v) is 8.82. The van der Waals surface area contributed by atoms with Gasteiger partial charge in [0.05, 0.1) is 18.0 Å². The van der Waals surface area contributed by atoms with Gasteiger partial charge in [0.25, 0.3) is 0 Å². The molecule has 5 unspecified atom stereocenters. The number of amides is 2. The summed E-state index contributed by atoms with van der Waals surface area (Å²) in [5, 5.41) is 8.10. The number of carbonyl (C=O) groups is 2. The van der Waals surface area contributed by atoms with Crippen molar-refractivity contribution in [2.75, 3.05) is 26.2 Å². The molecule has 2 amide bonds. The van der Waals surface area contributed by atoms with E-state index in [-0.39, 0.29) is 48.6 Å². The molecule has 2 saturated carbocycles. The lowest BCUT2D eigenvalue weighted by atomic mass is 9.79. The summed E-state index contributed by atoms with van der Waals surface area (Å²) in [7, 11) is 0. The maximum absolute atomic E-state index is 13.1. The SMILES string of the molecule is O=C(CCC1CCC(C(F)(F)F)CC1)N1CC2CN(C(=O)C3CCC4N=NNC4C3)CC2C1. The van der Waals surface area contributed by atoms with Crippen molar-refractivity contribution in [1.29, 1.82) is 0 Å². The molecule has 0 spiro atoms. The zero-order valence-electron chi connectivity index (χ0n) is 19.0. The van der Waals surface area contributed by atoms with Gasteiger partial charge in [-0.3, -0.25) is 15.0 Å². The van der Waals surface area contributed by atoms with E-state index in [2.05, 4.69) is 15.8 Å². The van der Waals surface area contributed by atoms with Crippen LogP contribution in [0.25, 0.3) is 0 Å². The molecule has 5 aliphatic rings. The quantitative estimate of drug-likeness (QED) is 0.684. The zero-order valence-corrected chi connectivity index (χ0v) is 19.0. The molecule has 2 aliphatic carbocycles. The molecule has 33 heavy (non-hydrogen) atoms. The van der Waals surface area contributed by atoms with Gasteiger partial charge in [-0.05, 0) is 57.3 Å². The third kappa shape index (κ3) is 4.85. The number of nitrogens with zero attached hydrogens (tertiary/aromatic N) is 4. The van der Waals surface area contributed by atoms with Crippen LogP contribution in [0.2, 0.25) is 0 Å². The Labute approximate surface area is 192 Å². The molecule has 0 radical (unpaired) electrons. The number of carbonyl (C=O) groups excluding carboxylic acids is 2. The van der Waals surface area contributed by atoms with Gasteiger partial charge in [-0.15, -0.1) is 0 Å². The van der Waals surface area contributed by atoms with Crippen molar-refractivity contribution in [3.8, 4) is 0 Å². The number of fused-ring (bicyclic) bond motifs is 2. The Bertz CT molecular complexity index is 769. The zero-order chi connectivity index (χ0) is 23.2. The fourth-order valence-electron chi connectivity index (χ4n) is 6.74. The van der Waals surface area contributed by atoms with Crippen LogP contribution in [-0.4, -0.2) is 66.1 Å². The van der Waals surface area contributed by atoms with Crippen LogP contribution in [0.3, 0.4) is 0 Å². The van der Waals surface area contributed by atoms with Gasteiger partial charge < -0.3 is 9.80 Å². The summed E-state index contributed by atoms with van der Waals surface area (Å²) in [4.78, 5) is 29.8. The highest BCUT2D eigenvalue weighted by molar-refractivity contribution is 5.80. The van der Waals surface area contributed by atoms with Crippen LogP contribution in [0, 0.1) is 29.6 Å². The topological polar surface area (TPSA) is 77.4 Å². The number of likely N-dealkylation sites (tertiary alicyclic amines) is 2. The van der Waals surface area contributed by atoms with E-state index >= 15 is 0 Å². The molecule has 0 aromatic carbocycles. The van der Waals surface area contributed by atoms with Gasteiger partial charge in [0.15, 0.2) is 0 Å². The van der Waals surface area contributed by atoms with E-state index in [1.807, 2.05) is 9.80 Å². The second-order valence-corrected chi connectivity index (χ2v) is 10.9. The van der Waals surface area contributed by atoms with Gasteiger partial charge in [0.1, 0.15) is 0 Å². The Balaban J connectivity index is 1.03. The van der Waals surface area contributed by atoms with Gasteiger partial charge >= 0.3 is 6.18 Å². The Morgan fingerprint density at radius 2 is 1.58 bits per heavy atom. The van der Waals surface area contributed by atoms with E-state index in [9.17, 15) is 22.8 Å². The van der Waals surface area contributed by atoms with E-state index in [4.69, 9.17) is 0 Å². The normalized spacial score (nSPS) is 38.2. The molecule has 3 aliphatic heterocycles. The first-order valence-corrected chi connectivity index (χ1v) is 12.6. The number of rotatable bonds is 4. The summed E-state index contributed by atoms with van der Waals surface area (Å²) in [5.74, 6) is 0.140. The van der Waals surface area contributed by atoms with Crippen molar-refractivity contribution < 1.29 is 22.8 Å².